The van der Waals surface area contributed by atoms with Crippen LogP contribution >= 0.6 is 0 Å². The van der Waals surface area contributed by atoms with E-state index in [4.69, 9.17) is 9.47 Å². The fourth-order valence-corrected chi connectivity index (χ4v) is 3.79. The van der Waals surface area contributed by atoms with Crippen LogP contribution < -0.4 is 19.7 Å². The summed E-state index contributed by atoms with van der Waals surface area (Å²) in [4.78, 5) is 23.9. The molecule has 1 N–H and O–H groups in total. The zero-order chi connectivity index (χ0) is 20.9. The Kier molecular flexibility index (Phi) is 5.97. The van der Waals surface area contributed by atoms with E-state index in [2.05, 4.69) is 20.2 Å². The van der Waals surface area contributed by atoms with Gasteiger partial charge in [0, 0.05) is 11.9 Å². The Bertz CT molecular complexity index is 1000. The predicted octanol–water partition coefficient (Wildman–Crippen LogP) is 3.19. The highest BCUT2D eigenvalue weighted by Gasteiger charge is 2.33. The van der Waals surface area contributed by atoms with Gasteiger partial charge in [0.25, 0.3) is 0 Å². The zero-order valence-corrected chi connectivity index (χ0v) is 17.2. The molecule has 1 amide bonds. The van der Waals surface area contributed by atoms with E-state index in [0.29, 0.717) is 6.61 Å². The lowest BCUT2D eigenvalue weighted by Gasteiger charge is -2.27. The second-order valence-corrected chi connectivity index (χ2v) is 7.46. The largest absolute Gasteiger partial charge is 0.497 e. The summed E-state index contributed by atoms with van der Waals surface area (Å²) in [5, 5.41) is 4.06. The average molecular weight is 406 g/mol. The summed E-state index contributed by atoms with van der Waals surface area (Å²) in [5.74, 6) is 2.34. The van der Waals surface area contributed by atoms with Crippen molar-refractivity contribution in [1.82, 2.24) is 15.3 Å². The minimum Gasteiger partial charge on any atom is -0.497 e. The quantitative estimate of drug-likeness (QED) is 0.649. The van der Waals surface area contributed by atoms with E-state index in [1.807, 2.05) is 55.5 Å². The minimum absolute atomic E-state index is 0.000948. The molecule has 30 heavy (non-hydrogen) atoms. The highest BCUT2D eigenvalue weighted by atomic mass is 16.5. The summed E-state index contributed by atoms with van der Waals surface area (Å²) < 4.78 is 10.9. The van der Waals surface area contributed by atoms with Crippen molar-refractivity contribution in [2.75, 3.05) is 25.2 Å². The Labute approximate surface area is 176 Å². The predicted molar refractivity (Wildman–Crippen MR) is 116 cm³/mol. The fourth-order valence-electron chi connectivity index (χ4n) is 3.79. The third kappa shape index (κ3) is 4.30. The molecule has 0 saturated carbocycles. The smallest absolute Gasteiger partial charge is 0.243 e. The molecule has 0 bridgehead atoms. The van der Waals surface area contributed by atoms with Gasteiger partial charge in [0.05, 0.1) is 18.7 Å². The molecule has 1 aromatic heterocycles. The Hall–Kier alpha value is -3.35. The molecular formula is C23H26N4O3. The number of fused-ring (bicyclic) bond motifs is 1. The lowest BCUT2D eigenvalue weighted by atomic mass is 10.1. The van der Waals surface area contributed by atoms with Crippen LogP contribution in [0, 0.1) is 0 Å². The van der Waals surface area contributed by atoms with Crippen LogP contribution in [0.5, 0.6) is 11.5 Å². The first-order valence-electron chi connectivity index (χ1n) is 10.2. The maximum Gasteiger partial charge on any atom is 0.243 e. The van der Waals surface area contributed by atoms with Gasteiger partial charge in [-0.2, -0.15) is 0 Å². The number of benzene rings is 2. The summed E-state index contributed by atoms with van der Waals surface area (Å²) >= 11 is 0. The number of anilines is 1. The van der Waals surface area contributed by atoms with Gasteiger partial charge < -0.3 is 19.7 Å². The van der Waals surface area contributed by atoms with Crippen molar-refractivity contribution in [3.05, 3.63) is 54.9 Å². The normalized spacial score (nSPS) is 17.0. The molecule has 7 heteroatoms. The van der Waals surface area contributed by atoms with Crippen LogP contribution in [0.25, 0.3) is 10.9 Å². The van der Waals surface area contributed by atoms with Crippen LogP contribution in [0.15, 0.2) is 54.9 Å². The van der Waals surface area contributed by atoms with Gasteiger partial charge in [0.2, 0.25) is 5.91 Å². The van der Waals surface area contributed by atoms with Gasteiger partial charge >= 0.3 is 0 Å². The first kappa shape index (κ1) is 19.9. The van der Waals surface area contributed by atoms with Gasteiger partial charge in [-0.1, -0.05) is 12.1 Å². The number of hydrogen-bond donors (Lipinski definition) is 1. The van der Waals surface area contributed by atoms with E-state index in [9.17, 15) is 4.79 Å². The van der Waals surface area contributed by atoms with Crippen LogP contribution in [-0.4, -0.2) is 48.2 Å². The number of ether oxygens (including phenoxy) is 2. The third-order valence-electron chi connectivity index (χ3n) is 5.30. The molecule has 0 radical (unpaired) electrons. The van der Waals surface area contributed by atoms with Gasteiger partial charge in [-0.05, 0) is 56.2 Å². The monoisotopic (exact) mass is 406 g/mol. The molecule has 4 rings (SSSR count). The molecule has 3 aromatic rings. The van der Waals surface area contributed by atoms with E-state index in [1.165, 1.54) is 0 Å². The minimum atomic E-state index is -0.244. The van der Waals surface area contributed by atoms with Crippen LogP contribution in [0.2, 0.25) is 0 Å². The van der Waals surface area contributed by atoms with E-state index in [-0.39, 0.29) is 18.0 Å². The zero-order valence-electron chi connectivity index (χ0n) is 17.2. The number of rotatable bonds is 7. The fraction of sp³-hybridized carbons (Fsp3) is 0.348. The molecule has 0 unspecified atom stereocenters. The molecule has 1 aliphatic rings. The van der Waals surface area contributed by atoms with Crippen molar-refractivity contribution in [1.29, 1.82) is 0 Å². The molecular weight excluding hydrogens is 380 g/mol. The molecule has 0 spiro atoms. The second-order valence-electron chi connectivity index (χ2n) is 7.46. The number of aromatic nitrogens is 2. The topological polar surface area (TPSA) is 76.6 Å². The van der Waals surface area contributed by atoms with Gasteiger partial charge in [0.1, 0.15) is 36.3 Å². The van der Waals surface area contributed by atoms with Crippen molar-refractivity contribution in [3.63, 3.8) is 0 Å². The number of carbonyl (C=O) groups excluding carboxylic acids is 1. The maximum absolute atomic E-state index is 13.0. The first-order valence-corrected chi connectivity index (χ1v) is 10.2. The summed E-state index contributed by atoms with van der Waals surface area (Å²) in [6.07, 6.45) is 3.32. The van der Waals surface area contributed by atoms with E-state index in [1.54, 1.807) is 13.4 Å². The van der Waals surface area contributed by atoms with Crippen LogP contribution in [-0.2, 0) is 4.79 Å². The Morgan fingerprint density at radius 1 is 1.17 bits per heavy atom. The van der Waals surface area contributed by atoms with Crippen molar-refractivity contribution in [2.24, 2.45) is 0 Å². The summed E-state index contributed by atoms with van der Waals surface area (Å²) in [5.41, 5.74) is 0.884. The lowest BCUT2D eigenvalue weighted by Crippen LogP contribution is -2.48. The molecule has 2 atom stereocenters. The number of nitrogens with one attached hydrogen (secondary N) is 1. The number of carbonyl (C=O) groups is 1. The van der Waals surface area contributed by atoms with Gasteiger partial charge in [-0.25, -0.2) is 9.97 Å². The lowest BCUT2D eigenvalue weighted by molar-refractivity contribution is -0.123. The first-order chi connectivity index (χ1) is 14.7. The molecule has 2 heterocycles. The van der Waals surface area contributed by atoms with Gasteiger partial charge in [-0.3, -0.25) is 4.79 Å². The van der Waals surface area contributed by atoms with Crippen molar-refractivity contribution in [2.45, 2.75) is 31.8 Å². The van der Waals surface area contributed by atoms with Gasteiger partial charge in [-0.15, -0.1) is 0 Å². The average Bonchev–Trinajstić information content (AvgIpc) is 3.27. The third-order valence-corrected chi connectivity index (χ3v) is 5.30. The molecule has 7 nitrogen and oxygen atoms in total. The maximum atomic E-state index is 13.0. The molecule has 1 fully saturated rings. The molecule has 1 saturated heterocycles. The summed E-state index contributed by atoms with van der Waals surface area (Å²) in [7, 11) is 1.63. The highest BCUT2D eigenvalue weighted by Crippen LogP contribution is 2.29. The molecule has 0 aliphatic carbocycles. The number of hydrogen-bond acceptors (Lipinski definition) is 6. The number of amides is 1. The summed E-state index contributed by atoms with van der Waals surface area (Å²) in [6.45, 7) is 3.14. The van der Waals surface area contributed by atoms with Crippen LogP contribution in [0.4, 0.5) is 5.82 Å². The van der Waals surface area contributed by atoms with E-state index in [0.717, 1.165) is 47.6 Å². The van der Waals surface area contributed by atoms with E-state index >= 15 is 0 Å². The SMILES string of the molecule is COc1ccc(OC[C@@H](C)NC(=O)[C@H]2CCCN2c2ncnc3ccccc23)cc1. The Morgan fingerprint density at radius 2 is 1.93 bits per heavy atom. The van der Waals surface area contributed by atoms with Gasteiger partial charge in [0.15, 0.2) is 0 Å². The summed E-state index contributed by atoms with van der Waals surface area (Å²) in [6, 6.07) is 14.9. The number of para-hydroxylation sites is 1. The number of nitrogens with zero attached hydrogens (tertiary/aromatic N) is 3. The van der Waals surface area contributed by atoms with Crippen LogP contribution in [0.1, 0.15) is 19.8 Å². The standard InChI is InChI=1S/C23H26N4O3/c1-16(14-30-18-11-9-17(29-2)10-12-18)26-23(28)21-8-5-13-27(21)22-19-6-3-4-7-20(19)24-15-25-22/h3-4,6-7,9-12,15-16,21H,5,8,13-14H2,1-2H3,(H,26,28)/t16-,21-/m1/s1. The van der Waals surface area contributed by atoms with Crippen molar-refractivity contribution < 1.29 is 14.3 Å². The van der Waals surface area contributed by atoms with Crippen LogP contribution in [0.3, 0.4) is 0 Å². The molecule has 1 aliphatic heterocycles. The number of methoxy groups -OCH3 is 1. The van der Waals surface area contributed by atoms with Crippen molar-refractivity contribution in [3.8, 4) is 11.5 Å². The molecule has 156 valence electrons. The van der Waals surface area contributed by atoms with Crippen molar-refractivity contribution >= 4 is 22.6 Å². The second kappa shape index (κ2) is 8.98. The molecule has 2 aromatic carbocycles. The Morgan fingerprint density at radius 3 is 2.73 bits per heavy atom. The Balaban J connectivity index is 1.39. The highest BCUT2D eigenvalue weighted by molar-refractivity contribution is 5.93. The van der Waals surface area contributed by atoms with E-state index < -0.39 is 0 Å².